The van der Waals surface area contributed by atoms with E-state index in [2.05, 4.69) is 20.4 Å². The average molecular weight is 356 g/mol. The van der Waals surface area contributed by atoms with Gasteiger partial charge in [0.25, 0.3) is 5.91 Å². The average Bonchev–Trinajstić information content (AvgIpc) is 3.04. The van der Waals surface area contributed by atoms with Crippen molar-refractivity contribution in [1.29, 1.82) is 0 Å². The molecule has 9 nitrogen and oxygen atoms in total. The molecule has 0 radical (unpaired) electrons. The van der Waals surface area contributed by atoms with E-state index < -0.39 is 11.9 Å². The summed E-state index contributed by atoms with van der Waals surface area (Å²) in [5, 5.41) is 6.78. The van der Waals surface area contributed by atoms with E-state index in [1.165, 1.54) is 0 Å². The van der Waals surface area contributed by atoms with Gasteiger partial charge in [0.05, 0.1) is 17.5 Å². The van der Waals surface area contributed by atoms with Crippen molar-refractivity contribution in [2.45, 2.75) is 13.8 Å². The summed E-state index contributed by atoms with van der Waals surface area (Å²) in [5.74, 6) is -0.263. The van der Waals surface area contributed by atoms with Gasteiger partial charge in [-0.15, -0.1) is 0 Å². The summed E-state index contributed by atoms with van der Waals surface area (Å²) in [6.07, 6.45) is 0. The van der Waals surface area contributed by atoms with E-state index in [1.54, 1.807) is 44.2 Å². The van der Waals surface area contributed by atoms with Gasteiger partial charge < -0.3 is 19.3 Å². The van der Waals surface area contributed by atoms with E-state index in [4.69, 9.17) is 14.0 Å². The molecule has 2 heterocycles. The Kier molecular flexibility index (Phi) is 5.07. The normalized spacial score (nSPS) is 10.5. The number of ether oxygens (including phenoxy) is 2. The number of fused-ring (bicyclic) bond motifs is 1. The van der Waals surface area contributed by atoms with Crippen molar-refractivity contribution in [2.75, 3.05) is 18.5 Å². The molecule has 0 atom stereocenters. The maximum Gasteiger partial charge on any atom is 0.376 e. The van der Waals surface area contributed by atoms with Crippen LogP contribution in [0.1, 0.15) is 23.3 Å². The molecular weight excluding hydrogens is 340 g/mol. The number of anilines is 1. The number of hydrogen-bond acceptors (Lipinski definition) is 8. The van der Waals surface area contributed by atoms with Gasteiger partial charge in [0.15, 0.2) is 12.4 Å². The van der Waals surface area contributed by atoms with Crippen LogP contribution in [0, 0.1) is 6.92 Å². The lowest BCUT2D eigenvalue weighted by Crippen LogP contribution is -2.21. The topological polar surface area (TPSA) is 116 Å². The van der Waals surface area contributed by atoms with Crippen molar-refractivity contribution in [1.82, 2.24) is 15.1 Å². The van der Waals surface area contributed by atoms with Crippen LogP contribution in [0.3, 0.4) is 0 Å². The fraction of sp³-hybridized carbons (Fsp3) is 0.235. The first-order valence-electron chi connectivity index (χ1n) is 7.86. The van der Waals surface area contributed by atoms with Gasteiger partial charge in [-0.05, 0) is 26.0 Å². The number of aryl methyl sites for hydroxylation is 1. The fourth-order valence-corrected chi connectivity index (χ4v) is 2.18. The summed E-state index contributed by atoms with van der Waals surface area (Å²) in [6, 6.07) is 8.58. The van der Waals surface area contributed by atoms with Crippen molar-refractivity contribution < 1.29 is 23.6 Å². The number of amides is 1. The van der Waals surface area contributed by atoms with Gasteiger partial charge in [-0.25, -0.2) is 9.78 Å². The number of esters is 1. The minimum absolute atomic E-state index is 0.116. The number of nitrogens with zero attached hydrogens (tertiary/aromatic N) is 3. The number of carbonyl (C=O) groups excluding carboxylic acids is 2. The standard InChI is InChI=1S/C17H16N4O5/c1-3-24-17(23)15-18-12-7-5-4-6-11(12)16(20-15)25-9-14(22)19-13-8-10(2)26-21-13/h4-8H,3,9H2,1-2H3,(H,19,21,22). The van der Waals surface area contributed by atoms with E-state index in [0.29, 0.717) is 16.7 Å². The molecule has 0 saturated heterocycles. The molecule has 0 bridgehead atoms. The van der Waals surface area contributed by atoms with Crippen LogP contribution in [-0.4, -0.2) is 40.2 Å². The smallest absolute Gasteiger partial charge is 0.376 e. The van der Waals surface area contributed by atoms with Crippen LogP contribution in [0.15, 0.2) is 34.9 Å². The molecule has 0 aliphatic rings. The predicted molar refractivity (Wildman–Crippen MR) is 90.9 cm³/mol. The van der Waals surface area contributed by atoms with Gasteiger partial charge in [-0.2, -0.15) is 4.98 Å². The number of nitrogens with one attached hydrogen (secondary N) is 1. The SMILES string of the molecule is CCOC(=O)c1nc(OCC(=O)Nc2cc(C)on2)c2ccccc2n1. The van der Waals surface area contributed by atoms with E-state index >= 15 is 0 Å². The minimum Gasteiger partial charge on any atom is -0.467 e. The van der Waals surface area contributed by atoms with Crippen LogP contribution < -0.4 is 10.1 Å². The molecule has 0 fully saturated rings. The maximum atomic E-state index is 12.0. The lowest BCUT2D eigenvalue weighted by Gasteiger charge is -2.09. The summed E-state index contributed by atoms with van der Waals surface area (Å²) < 4.78 is 15.3. The molecule has 1 aromatic carbocycles. The van der Waals surface area contributed by atoms with Gasteiger partial charge in [0.1, 0.15) is 5.76 Å². The molecule has 3 rings (SSSR count). The number of benzene rings is 1. The highest BCUT2D eigenvalue weighted by molar-refractivity contribution is 5.92. The van der Waals surface area contributed by atoms with Gasteiger partial charge in [-0.1, -0.05) is 17.3 Å². The molecule has 1 N–H and O–H groups in total. The minimum atomic E-state index is -0.661. The zero-order chi connectivity index (χ0) is 18.5. The summed E-state index contributed by atoms with van der Waals surface area (Å²) >= 11 is 0. The van der Waals surface area contributed by atoms with Crippen LogP contribution in [0.25, 0.3) is 10.9 Å². The quantitative estimate of drug-likeness (QED) is 0.668. The van der Waals surface area contributed by atoms with Crippen molar-refractivity contribution in [3.05, 3.63) is 41.9 Å². The zero-order valence-corrected chi connectivity index (χ0v) is 14.2. The third kappa shape index (κ3) is 3.94. The summed E-state index contributed by atoms with van der Waals surface area (Å²) in [6.45, 7) is 3.27. The first-order valence-corrected chi connectivity index (χ1v) is 7.86. The Morgan fingerprint density at radius 2 is 2.04 bits per heavy atom. The third-order valence-electron chi connectivity index (χ3n) is 3.26. The summed E-state index contributed by atoms with van der Waals surface area (Å²) in [7, 11) is 0. The molecule has 0 spiro atoms. The first kappa shape index (κ1) is 17.3. The van der Waals surface area contributed by atoms with Crippen LogP contribution in [0.4, 0.5) is 5.82 Å². The van der Waals surface area contributed by atoms with Crippen molar-refractivity contribution in [2.24, 2.45) is 0 Å². The second-order valence-electron chi connectivity index (χ2n) is 5.25. The highest BCUT2D eigenvalue weighted by Crippen LogP contribution is 2.22. The Hall–Kier alpha value is -3.49. The second-order valence-corrected chi connectivity index (χ2v) is 5.25. The zero-order valence-electron chi connectivity index (χ0n) is 14.2. The maximum absolute atomic E-state index is 12.0. The van der Waals surface area contributed by atoms with Gasteiger partial charge in [0.2, 0.25) is 11.7 Å². The van der Waals surface area contributed by atoms with E-state index in [-0.39, 0.29) is 30.7 Å². The molecule has 0 saturated carbocycles. The number of aromatic nitrogens is 3. The summed E-state index contributed by atoms with van der Waals surface area (Å²) in [5.41, 5.74) is 0.507. The molecule has 134 valence electrons. The van der Waals surface area contributed by atoms with Crippen molar-refractivity contribution in [3.63, 3.8) is 0 Å². The molecule has 0 unspecified atom stereocenters. The van der Waals surface area contributed by atoms with Gasteiger partial charge >= 0.3 is 5.97 Å². The van der Waals surface area contributed by atoms with E-state index in [1.807, 2.05) is 0 Å². The lowest BCUT2D eigenvalue weighted by atomic mass is 10.2. The Balaban J connectivity index is 1.79. The predicted octanol–water partition coefficient (Wildman–Crippen LogP) is 2.12. The monoisotopic (exact) mass is 356 g/mol. The Labute approximate surface area is 148 Å². The Morgan fingerprint density at radius 3 is 2.77 bits per heavy atom. The molecule has 0 aliphatic carbocycles. The molecule has 1 amide bonds. The second kappa shape index (κ2) is 7.60. The Bertz CT molecular complexity index is 953. The van der Waals surface area contributed by atoms with Crippen LogP contribution >= 0.6 is 0 Å². The molecule has 9 heteroatoms. The molecule has 2 aromatic heterocycles. The van der Waals surface area contributed by atoms with Crippen LogP contribution in [-0.2, 0) is 9.53 Å². The van der Waals surface area contributed by atoms with Crippen LogP contribution in [0.2, 0.25) is 0 Å². The molecular formula is C17H16N4O5. The molecule has 26 heavy (non-hydrogen) atoms. The summed E-state index contributed by atoms with van der Waals surface area (Å²) in [4.78, 5) is 32.2. The fourth-order valence-electron chi connectivity index (χ4n) is 2.18. The number of hydrogen-bond donors (Lipinski definition) is 1. The number of carbonyl (C=O) groups is 2. The highest BCUT2D eigenvalue weighted by atomic mass is 16.5. The molecule has 0 aliphatic heterocycles. The lowest BCUT2D eigenvalue weighted by molar-refractivity contribution is -0.118. The van der Waals surface area contributed by atoms with Crippen molar-refractivity contribution >= 4 is 28.6 Å². The molecule has 3 aromatic rings. The van der Waals surface area contributed by atoms with E-state index in [9.17, 15) is 9.59 Å². The third-order valence-corrected chi connectivity index (χ3v) is 3.26. The number of para-hydroxylation sites is 1. The first-order chi connectivity index (χ1) is 12.6. The van der Waals surface area contributed by atoms with Gasteiger partial charge in [-0.3, -0.25) is 4.79 Å². The largest absolute Gasteiger partial charge is 0.467 e. The van der Waals surface area contributed by atoms with Gasteiger partial charge in [0, 0.05) is 6.07 Å². The van der Waals surface area contributed by atoms with E-state index in [0.717, 1.165) is 0 Å². The van der Waals surface area contributed by atoms with Crippen LogP contribution in [0.5, 0.6) is 5.88 Å². The number of rotatable bonds is 6. The Morgan fingerprint density at radius 1 is 1.23 bits per heavy atom. The van der Waals surface area contributed by atoms with Crippen molar-refractivity contribution in [3.8, 4) is 5.88 Å². The highest BCUT2D eigenvalue weighted by Gasteiger charge is 2.17.